The number of Topliss-reactive ketones (excluding diaryl/α,β-unsaturated/α-hetero) is 1. The third-order valence-electron chi connectivity index (χ3n) is 18.5. The molecular formula is C71H91N5O23. The molecule has 6 aliphatic rings. The number of aliphatic hydroxyl groups excluding tert-OH is 9. The molecule has 4 aromatic rings. The first-order valence-electron chi connectivity index (χ1n) is 33.2. The van der Waals surface area contributed by atoms with Crippen molar-refractivity contribution in [2.75, 3.05) is 76.8 Å². The number of rotatable bonds is 26. The molecule has 538 valence electrons. The maximum Gasteiger partial charge on any atom is 0.416 e. The van der Waals surface area contributed by atoms with Gasteiger partial charge in [0.2, 0.25) is 6.29 Å². The van der Waals surface area contributed by atoms with Gasteiger partial charge in [-0.2, -0.15) is 0 Å². The zero-order valence-corrected chi connectivity index (χ0v) is 56.5. The average Bonchev–Trinajstić information content (AvgIpc) is 1.63. The molecule has 4 fully saturated rings. The summed E-state index contributed by atoms with van der Waals surface area (Å²) in [5, 5.41) is 99.4. The highest BCUT2D eigenvalue weighted by Gasteiger charge is 2.49. The van der Waals surface area contributed by atoms with Gasteiger partial charge in [-0.25, -0.2) is 9.69 Å². The Morgan fingerprint density at radius 2 is 1.27 bits per heavy atom. The van der Waals surface area contributed by atoms with Crippen LogP contribution in [0.3, 0.4) is 0 Å². The Hall–Kier alpha value is -7.97. The Bertz CT molecular complexity index is 3640. The van der Waals surface area contributed by atoms with Crippen molar-refractivity contribution < 1.29 is 113 Å². The lowest BCUT2D eigenvalue weighted by molar-refractivity contribution is -0.277. The van der Waals surface area contributed by atoms with Crippen molar-refractivity contribution in [1.29, 1.82) is 0 Å². The summed E-state index contributed by atoms with van der Waals surface area (Å²) in [6.45, 7) is 15.4. The number of anilines is 2. The maximum absolute atomic E-state index is 14.5. The smallest absolute Gasteiger partial charge is 0.416 e. The number of methoxy groups -OCH3 is 2. The monoisotopic (exact) mass is 1380 g/mol. The molecule has 2 unspecified atom stereocenters. The predicted octanol–water partition coefficient (Wildman–Crippen LogP) is 3.76. The summed E-state index contributed by atoms with van der Waals surface area (Å²) in [7, 11) is 2.84. The van der Waals surface area contributed by atoms with E-state index in [4.69, 9.17) is 42.6 Å². The largest absolute Gasteiger partial charge is 0.493 e. The lowest BCUT2D eigenvalue weighted by Gasteiger charge is -2.39. The fraction of sp³-hybridized carbons (Fsp3) is 0.535. The van der Waals surface area contributed by atoms with Crippen LogP contribution in [-0.4, -0.2) is 232 Å². The molecule has 28 nitrogen and oxygen atoms in total. The standard InChI is InChI=1S/C71H91N5O23/c1-37-22-48-67(88)75(36-93-34-40-12-15-52(44(25-40)51(79)30-71(4,5)6)97-54-17-14-50(78)59(80)60(54)81)46-28-55(39(3)24-42(46)65(86)73(48)31-37)94-19-10-9-11-20-95-57-29-47-43(27-56(57)92-8)66(87)74-32-38(2)23-49(74)68(89)76(47)70(90)96-35-41-13-16-53(45(26-41)64(85)72-18-21-91-7)98-69-63(84)62(83)61(82)58(33-77)99-69/h12-13,15-16,24-29,48-50,54,58-63,67-69,77-78,80-84,88-89H,1-2,9-11,14,17-23,30-36H2,3-8H3,(H,72,85)/t48-,49-,50+,54+,58+,59-,60-,61+,62-,63+,67?,68?,69+/m0/s1. The summed E-state index contributed by atoms with van der Waals surface area (Å²) in [5.74, 6) is -0.829. The Morgan fingerprint density at radius 3 is 1.92 bits per heavy atom. The van der Waals surface area contributed by atoms with E-state index < -0.39 is 111 Å². The SMILES string of the molecule is C=C1C[C@H]2C(O)N(COCc3ccc(O[C@@H]4CC[C@@H](O)[C@H](O)[C@H]4O)c(C(=O)CC(C)(C)C)c3)c3cc(OCCCCCOc4cc5c(cc4OC)C(=O)N4CC(=C)C[C@H]4C(O)N5C(=O)OCc4ccc(O[C@@H]5O[C@H](CO)[C@@H](O)[C@H](O)[C@H]5O)c(C(=O)NCCOC)c4)c(C)cc3C(=O)N2C1. The number of aryl methyl sites for hydroxylation is 1. The Morgan fingerprint density at radius 1 is 0.657 bits per heavy atom. The number of nitrogens with one attached hydrogen (secondary N) is 1. The molecule has 4 aromatic carbocycles. The molecule has 1 aliphatic carbocycles. The van der Waals surface area contributed by atoms with Gasteiger partial charge in [-0.15, -0.1) is 0 Å². The van der Waals surface area contributed by atoms with Crippen molar-refractivity contribution in [3.63, 3.8) is 0 Å². The van der Waals surface area contributed by atoms with Gasteiger partial charge in [-0.1, -0.05) is 57.2 Å². The van der Waals surface area contributed by atoms with E-state index in [-0.39, 0.29) is 147 Å². The number of benzene rings is 4. The molecule has 0 spiro atoms. The molecule has 0 radical (unpaired) electrons. The van der Waals surface area contributed by atoms with E-state index in [2.05, 4.69) is 18.5 Å². The molecule has 0 aromatic heterocycles. The molecular weight excluding hydrogens is 1290 g/mol. The van der Waals surface area contributed by atoms with Crippen LogP contribution in [0.15, 0.2) is 85.0 Å². The number of ether oxygens (including phenoxy) is 9. The zero-order valence-electron chi connectivity index (χ0n) is 56.5. The summed E-state index contributed by atoms with van der Waals surface area (Å²) in [6, 6.07) is 13.9. The first-order chi connectivity index (χ1) is 47.2. The highest BCUT2D eigenvalue weighted by molar-refractivity contribution is 6.06. The van der Waals surface area contributed by atoms with Crippen LogP contribution in [0.1, 0.15) is 130 Å². The predicted molar refractivity (Wildman–Crippen MR) is 355 cm³/mol. The van der Waals surface area contributed by atoms with Crippen LogP contribution < -0.4 is 38.8 Å². The molecule has 99 heavy (non-hydrogen) atoms. The van der Waals surface area contributed by atoms with Gasteiger partial charge in [0.25, 0.3) is 17.7 Å². The van der Waals surface area contributed by atoms with Crippen LogP contribution in [0, 0.1) is 12.3 Å². The van der Waals surface area contributed by atoms with Gasteiger partial charge >= 0.3 is 6.09 Å². The number of carbonyl (C=O) groups is 5. The molecule has 1 saturated carbocycles. The van der Waals surface area contributed by atoms with Gasteiger partial charge in [0.1, 0.15) is 79.5 Å². The quantitative estimate of drug-likeness (QED) is 0.0243. The molecule has 3 saturated heterocycles. The second-order valence-corrected chi connectivity index (χ2v) is 27.2. The van der Waals surface area contributed by atoms with Gasteiger partial charge in [-0.3, -0.25) is 19.2 Å². The maximum atomic E-state index is 14.5. The van der Waals surface area contributed by atoms with Crippen LogP contribution in [0.5, 0.6) is 28.7 Å². The molecule has 5 heterocycles. The molecule has 5 aliphatic heterocycles. The molecule has 10 N–H and O–H groups in total. The van der Waals surface area contributed by atoms with Crippen molar-refractivity contribution in [2.45, 2.75) is 172 Å². The number of fused-ring (bicyclic) bond motifs is 4. The second kappa shape index (κ2) is 31.7. The summed E-state index contributed by atoms with van der Waals surface area (Å²) >= 11 is 0. The number of amides is 4. The van der Waals surface area contributed by atoms with Crippen molar-refractivity contribution in [3.8, 4) is 28.7 Å². The fourth-order valence-electron chi connectivity index (χ4n) is 13.2. The third kappa shape index (κ3) is 16.4. The minimum Gasteiger partial charge on any atom is -0.493 e. The summed E-state index contributed by atoms with van der Waals surface area (Å²) in [5.41, 5.74) is 3.40. The number of aliphatic hydroxyl groups is 9. The van der Waals surface area contributed by atoms with Gasteiger partial charge in [0, 0.05) is 45.3 Å². The van der Waals surface area contributed by atoms with Crippen LogP contribution >= 0.6 is 0 Å². The van der Waals surface area contributed by atoms with E-state index >= 15 is 0 Å². The van der Waals surface area contributed by atoms with Crippen molar-refractivity contribution in [3.05, 3.63) is 124 Å². The number of hydrogen-bond acceptors (Lipinski definition) is 24. The van der Waals surface area contributed by atoms with Crippen molar-refractivity contribution in [1.82, 2.24) is 15.1 Å². The Balaban J connectivity index is 0.804. The topological polar surface area (TPSA) is 375 Å². The summed E-state index contributed by atoms with van der Waals surface area (Å²) < 4.78 is 53.2. The minimum absolute atomic E-state index is 0.000109. The van der Waals surface area contributed by atoms with E-state index in [9.17, 15) is 69.9 Å². The van der Waals surface area contributed by atoms with E-state index in [0.29, 0.717) is 59.4 Å². The highest BCUT2D eigenvalue weighted by Crippen LogP contribution is 2.44. The van der Waals surface area contributed by atoms with Crippen LogP contribution in [-0.2, 0) is 32.2 Å². The molecule has 28 heteroatoms. The fourth-order valence-corrected chi connectivity index (χ4v) is 13.2. The summed E-state index contributed by atoms with van der Waals surface area (Å²) in [4.78, 5) is 76.4. The third-order valence-corrected chi connectivity index (χ3v) is 18.5. The molecule has 4 amide bonds. The zero-order chi connectivity index (χ0) is 71.3. The van der Waals surface area contributed by atoms with Crippen LogP contribution in [0.4, 0.5) is 16.2 Å². The van der Waals surface area contributed by atoms with Gasteiger partial charge < -0.3 is 109 Å². The Kier molecular flexibility index (Phi) is 23.6. The average molecular weight is 1380 g/mol. The lowest BCUT2D eigenvalue weighted by atomic mass is 9.87. The number of carbonyl (C=O) groups excluding carboxylic acids is 5. The minimum atomic E-state index is -1.79. The number of nitrogens with zero attached hydrogens (tertiary/aromatic N) is 4. The van der Waals surface area contributed by atoms with Crippen molar-refractivity contribution in [2.24, 2.45) is 5.41 Å². The molecule has 0 bridgehead atoms. The molecule has 13 atom stereocenters. The number of ketones is 1. The van der Waals surface area contributed by atoms with Gasteiger partial charge in [0.05, 0.1) is 92.0 Å². The van der Waals surface area contributed by atoms with Crippen LogP contribution in [0.25, 0.3) is 0 Å². The Labute approximate surface area is 573 Å². The van der Waals surface area contributed by atoms with E-state index in [1.807, 2.05) is 27.7 Å². The van der Waals surface area contributed by atoms with Gasteiger partial charge in [0.15, 0.2) is 23.5 Å². The highest BCUT2D eigenvalue weighted by atomic mass is 16.7. The summed E-state index contributed by atoms with van der Waals surface area (Å²) in [6.07, 6.45) is -14.1. The van der Waals surface area contributed by atoms with E-state index in [1.165, 1.54) is 49.5 Å². The van der Waals surface area contributed by atoms with Crippen molar-refractivity contribution >= 4 is 41.0 Å². The molecule has 10 rings (SSSR count). The van der Waals surface area contributed by atoms with Crippen LogP contribution in [0.2, 0.25) is 0 Å². The van der Waals surface area contributed by atoms with E-state index in [0.717, 1.165) is 10.5 Å². The first-order valence-corrected chi connectivity index (χ1v) is 33.2. The number of hydrogen-bond donors (Lipinski definition) is 10. The van der Waals surface area contributed by atoms with E-state index in [1.54, 1.807) is 40.1 Å². The second-order valence-electron chi connectivity index (χ2n) is 27.2. The number of unbranched alkanes of at least 4 members (excludes halogenated alkanes) is 2. The first kappa shape index (κ1) is 73.7. The normalized spacial score (nSPS) is 26.0. The lowest BCUT2D eigenvalue weighted by Crippen LogP contribution is -2.60. The van der Waals surface area contributed by atoms with Gasteiger partial charge in [-0.05, 0) is 110 Å².